The molecule has 0 amide bonds. The van der Waals surface area contributed by atoms with Gasteiger partial charge in [0.05, 0.1) is 7.11 Å². The minimum absolute atomic E-state index is 0.400. The number of carbonyl (C=O) groups is 1. The molecule has 2 aromatic rings. The Morgan fingerprint density at radius 1 is 1.00 bits per heavy atom. The molecule has 21 heavy (non-hydrogen) atoms. The molecule has 3 nitrogen and oxygen atoms in total. The highest BCUT2D eigenvalue weighted by atomic mass is 16.5. The summed E-state index contributed by atoms with van der Waals surface area (Å²) in [4.78, 5) is 11.8. The van der Waals surface area contributed by atoms with E-state index in [-0.39, 0.29) is 0 Å². The van der Waals surface area contributed by atoms with Crippen molar-refractivity contribution >= 4 is 12.0 Å². The standard InChI is InChI=1S/C18H18O3/c1-13-9-14(2)11-17(10-13)21-18(19)8-7-15-5-4-6-16(12-15)20-3/h4-12H,1-3H3/b8-7+. The zero-order valence-corrected chi connectivity index (χ0v) is 12.4. The SMILES string of the molecule is COc1cccc(/C=C/C(=O)Oc2cc(C)cc(C)c2)c1. The molecular formula is C18H18O3. The first-order chi connectivity index (χ1) is 10.1. The van der Waals surface area contributed by atoms with Crippen LogP contribution in [0.5, 0.6) is 11.5 Å². The van der Waals surface area contributed by atoms with Gasteiger partial charge < -0.3 is 9.47 Å². The predicted octanol–water partition coefficient (Wildman–Crippen LogP) is 3.93. The number of esters is 1. The first-order valence-electron chi connectivity index (χ1n) is 6.69. The summed E-state index contributed by atoms with van der Waals surface area (Å²) in [7, 11) is 1.61. The highest BCUT2D eigenvalue weighted by molar-refractivity contribution is 5.88. The highest BCUT2D eigenvalue weighted by Crippen LogP contribution is 2.17. The molecule has 2 rings (SSSR count). The van der Waals surface area contributed by atoms with Crippen LogP contribution >= 0.6 is 0 Å². The second kappa shape index (κ2) is 6.75. The Kier molecular flexibility index (Phi) is 4.77. The average molecular weight is 282 g/mol. The summed E-state index contributed by atoms with van der Waals surface area (Å²) < 4.78 is 10.4. The molecule has 3 heteroatoms. The minimum atomic E-state index is -0.400. The molecule has 0 N–H and O–H groups in total. The van der Waals surface area contributed by atoms with Crippen molar-refractivity contribution in [2.45, 2.75) is 13.8 Å². The maximum Gasteiger partial charge on any atom is 0.336 e. The molecule has 0 radical (unpaired) electrons. The van der Waals surface area contributed by atoms with Crippen molar-refractivity contribution in [3.63, 3.8) is 0 Å². The Labute approximate surface area is 124 Å². The summed E-state index contributed by atoms with van der Waals surface area (Å²) in [6.07, 6.45) is 3.11. The number of aryl methyl sites for hydroxylation is 2. The van der Waals surface area contributed by atoms with Gasteiger partial charge in [0, 0.05) is 6.08 Å². The molecule has 0 heterocycles. The topological polar surface area (TPSA) is 35.5 Å². The number of carbonyl (C=O) groups excluding carboxylic acids is 1. The second-order valence-corrected chi connectivity index (χ2v) is 4.85. The Bertz CT molecular complexity index is 652. The zero-order chi connectivity index (χ0) is 15.2. The van der Waals surface area contributed by atoms with Gasteiger partial charge in [-0.05, 0) is 60.9 Å². The fourth-order valence-electron chi connectivity index (χ4n) is 2.05. The molecule has 108 valence electrons. The van der Waals surface area contributed by atoms with Crippen LogP contribution in [0.2, 0.25) is 0 Å². The van der Waals surface area contributed by atoms with Gasteiger partial charge in [0.25, 0.3) is 0 Å². The van der Waals surface area contributed by atoms with Crippen molar-refractivity contribution < 1.29 is 14.3 Å². The normalized spacial score (nSPS) is 10.6. The molecule has 0 unspecified atom stereocenters. The van der Waals surface area contributed by atoms with E-state index in [0.717, 1.165) is 22.4 Å². The van der Waals surface area contributed by atoms with Crippen LogP contribution in [0.25, 0.3) is 6.08 Å². The van der Waals surface area contributed by atoms with Crippen molar-refractivity contribution in [1.82, 2.24) is 0 Å². The van der Waals surface area contributed by atoms with Crippen molar-refractivity contribution in [1.29, 1.82) is 0 Å². The van der Waals surface area contributed by atoms with Gasteiger partial charge in [-0.15, -0.1) is 0 Å². The molecule has 0 aliphatic rings. The minimum Gasteiger partial charge on any atom is -0.497 e. The van der Waals surface area contributed by atoms with E-state index in [2.05, 4.69) is 0 Å². The zero-order valence-electron chi connectivity index (χ0n) is 12.4. The van der Waals surface area contributed by atoms with E-state index >= 15 is 0 Å². The smallest absolute Gasteiger partial charge is 0.336 e. The molecule has 0 saturated carbocycles. The third-order valence-corrected chi connectivity index (χ3v) is 2.92. The highest BCUT2D eigenvalue weighted by Gasteiger charge is 2.02. The summed E-state index contributed by atoms with van der Waals surface area (Å²) in [5.74, 6) is 0.912. The summed E-state index contributed by atoms with van der Waals surface area (Å²) in [6, 6.07) is 13.2. The Morgan fingerprint density at radius 2 is 1.71 bits per heavy atom. The van der Waals surface area contributed by atoms with Gasteiger partial charge in [-0.2, -0.15) is 0 Å². The van der Waals surface area contributed by atoms with Crippen molar-refractivity contribution in [3.8, 4) is 11.5 Å². The molecule has 0 spiro atoms. The average Bonchev–Trinajstić information content (AvgIpc) is 2.44. The lowest BCUT2D eigenvalue weighted by Crippen LogP contribution is -2.04. The molecule has 0 aliphatic carbocycles. The molecule has 0 bridgehead atoms. The number of rotatable bonds is 4. The fraction of sp³-hybridized carbons (Fsp3) is 0.167. The maximum atomic E-state index is 11.8. The van der Waals surface area contributed by atoms with Gasteiger partial charge in [0.1, 0.15) is 11.5 Å². The lowest BCUT2D eigenvalue weighted by molar-refractivity contribution is -0.128. The number of benzene rings is 2. The molecule has 0 fully saturated rings. The van der Waals surface area contributed by atoms with Crippen molar-refractivity contribution in [3.05, 3.63) is 65.2 Å². The largest absolute Gasteiger partial charge is 0.497 e. The van der Waals surface area contributed by atoms with Crippen LogP contribution < -0.4 is 9.47 Å². The number of hydrogen-bond donors (Lipinski definition) is 0. The molecule has 0 aliphatic heterocycles. The van der Waals surface area contributed by atoms with Gasteiger partial charge >= 0.3 is 5.97 Å². The number of methoxy groups -OCH3 is 1. The monoisotopic (exact) mass is 282 g/mol. The van der Waals surface area contributed by atoms with Gasteiger partial charge in [0.2, 0.25) is 0 Å². The molecular weight excluding hydrogens is 264 g/mol. The Balaban J connectivity index is 2.05. The lowest BCUT2D eigenvalue weighted by Gasteiger charge is -2.04. The number of hydrogen-bond acceptors (Lipinski definition) is 3. The number of ether oxygens (including phenoxy) is 2. The predicted molar refractivity (Wildman–Crippen MR) is 83.6 cm³/mol. The van der Waals surface area contributed by atoms with E-state index in [1.165, 1.54) is 6.08 Å². The van der Waals surface area contributed by atoms with Gasteiger partial charge in [-0.3, -0.25) is 0 Å². The van der Waals surface area contributed by atoms with E-state index in [4.69, 9.17) is 9.47 Å². The van der Waals surface area contributed by atoms with Crippen LogP contribution in [0.1, 0.15) is 16.7 Å². The van der Waals surface area contributed by atoms with E-state index in [0.29, 0.717) is 5.75 Å². The molecule has 0 aromatic heterocycles. The van der Waals surface area contributed by atoms with Crippen molar-refractivity contribution in [2.24, 2.45) is 0 Å². The van der Waals surface area contributed by atoms with E-state index < -0.39 is 5.97 Å². The molecule has 2 aromatic carbocycles. The van der Waals surface area contributed by atoms with Crippen LogP contribution in [-0.4, -0.2) is 13.1 Å². The van der Waals surface area contributed by atoms with Crippen LogP contribution in [0.3, 0.4) is 0 Å². The second-order valence-electron chi connectivity index (χ2n) is 4.85. The first kappa shape index (κ1) is 14.9. The summed E-state index contributed by atoms with van der Waals surface area (Å²) >= 11 is 0. The Morgan fingerprint density at radius 3 is 2.38 bits per heavy atom. The molecule has 0 saturated heterocycles. The lowest BCUT2D eigenvalue weighted by atomic mass is 10.1. The summed E-state index contributed by atoms with van der Waals surface area (Å²) in [6.45, 7) is 3.94. The van der Waals surface area contributed by atoms with Crippen LogP contribution in [0.4, 0.5) is 0 Å². The van der Waals surface area contributed by atoms with E-state index in [1.807, 2.05) is 56.3 Å². The summed E-state index contributed by atoms with van der Waals surface area (Å²) in [5.41, 5.74) is 3.01. The fourth-order valence-corrected chi connectivity index (χ4v) is 2.05. The van der Waals surface area contributed by atoms with Crippen LogP contribution in [-0.2, 0) is 4.79 Å². The van der Waals surface area contributed by atoms with Gasteiger partial charge in [-0.25, -0.2) is 4.79 Å². The van der Waals surface area contributed by atoms with Crippen LogP contribution in [0, 0.1) is 13.8 Å². The first-order valence-corrected chi connectivity index (χ1v) is 6.69. The van der Waals surface area contributed by atoms with E-state index in [1.54, 1.807) is 13.2 Å². The summed E-state index contributed by atoms with van der Waals surface area (Å²) in [5, 5.41) is 0. The third kappa shape index (κ3) is 4.49. The van der Waals surface area contributed by atoms with Gasteiger partial charge in [-0.1, -0.05) is 18.2 Å². The third-order valence-electron chi connectivity index (χ3n) is 2.92. The Hall–Kier alpha value is -2.55. The van der Waals surface area contributed by atoms with E-state index in [9.17, 15) is 4.79 Å². The quantitative estimate of drug-likeness (QED) is 0.484. The molecule has 0 atom stereocenters. The maximum absolute atomic E-state index is 11.8. The van der Waals surface area contributed by atoms with Gasteiger partial charge in [0.15, 0.2) is 0 Å². The van der Waals surface area contributed by atoms with Crippen LogP contribution in [0.15, 0.2) is 48.5 Å². The van der Waals surface area contributed by atoms with Crippen molar-refractivity contribution in [2.75, 3.05) is 7.11 Å².